The van der Waals surface area contributed by atoms with Gasteiger partial charge in [-0.1, -0.05) is 29.8 Å². The number of allylic oxidation sites excluding steroid dienone is 2. The maximum absolute atomic E-state index is 12.8. The molecular weight excluding hydrogens is 314 g/mol. The van der Waals surface area contributed by atoms with Gasteiger partial charge in [0.2, 0.25) is 6.79 Å². The van der Waals surface area contributed by atoms with Crippen molar-refractivity contribution in [3.8, 4) is 11.5 Å². The van der Waals surface area contributed by atoms with E-state index in [0.29, 0.717) is 6.42 Å². The Balaban J connectivity index is 1.73. The Morgan fingerprint density at radius 2 is 1.80 bits per heavy atom. The molecule has 0 fully saturated rings. The van der Waals surface area contributed by atoms with Crippen molar-refractivity contribution in [2.75, 3.05) is 12.1 Å². The van der Waals surface area contributed by atoms with Gasteiger partial charge in [-0.2, -0.15) is 0 Å². The van der Waals surface area contributed by atoms with Crippen LogP contribution in [0, 0.1) is 6.92 Å². The van der Waals surface area contributed by atoms with Crippen molar-refractivity contribution in [2.45, 2.75) is 32.1 Å². The molecule has 2 aromatic rings. The first-order valence-corrected chi connectivity index (χ1v) is 8.74. The lowest BCUT2D eigenvalue weighted by Gasteiger charge is -2.34. The van der Waals surface area contributed by atoms with Gasteiger partial charge in [0.25, 0.3) is 0 Å². The van der Waals surface area contributed by atoms with Crippen LogP contribution in [0.25, 0.3) is 0 Å². The van der Waals surface area contributed by atoms with E-state index in [4.69, 9.17) is 9.47 Å². The highest BCUT2D eigenvalue weighted by atomic mass is 16.7. The highest BCUT2D eigenvalue weighted by molar-refractivity contribution is 6.01. The minimum absolute atomic E-state index is 0.0471. The predicted octanol–water partition coefficient (Wildman–Crippen LogP) is 4.29. The minimum Gasteiger partial charge on any atom is -0.454 e. The standard InChI is InChI=1S/C21H19NO3/c1-12-5-7-13(8-6-12)20-14-9-18-19(25-11-24-18)10-16(14)22-15-3-2-4-17(23)21(15)20/h5-10,20,22H,2-4,11H2,1H3/t20-/m1/s1. The number of benzene rings is 2. The monoisotopic (exact) mass is 333 g/mol. The number of aryl methyl sites for hydroxylation is 1. The lowest BCUT2D eigenvalue weighted by molar-refractivity contribution is -0.116. The summed E-state index contributed by atoms with van der Waals surface area (Å²) in [5, 5.41) is 3.49. The molecule has 0 spiro atoms. The Morgan fingerprint density at radius 3 is 2.60 bits per heavy atom. The molecule has 0 bridgehead atoms. The number of fused-ring (bicyclic) bond motifs is 2. The third-order valence-electron chi connectivity index (χ3n) is 5.30. The fourth-order valence-electron chi connectivity index (χ4n) is 4.06. The van der Waals surface area contributed by atoms with E-state index in [2.05, 4.69) is 36.5 Å². The molecule has 0 amide bonds. The third-order valence-corrected chi connectivity index (χ3v) is 5.30. The number of carbonyl (C=O) groups is 1. The van der Waals surface area contributed by atoms with Crippen molar-refractivity contribution in [1.29, 1.82) is 0 Å². The van der Waals surface area contributed by atoms with Crippen LogP contribution in [0.2, 0.25) is 0 Å². The summed E-state index contributed by atoms with van der Waals surface area (Å²) in [6, 6.07) is 12.5. The molecule has 0 aromatic heterocycles. The van der Waals surface area contributed by atoms with E-state index in [1.165, 1.54) is 5.56 Å². The number of nitrogens with one attached hydrogen (secondary N) is 1. The second-order valence-corrected chi connectivity index (χ2v) is 6.93. The molecule has 0 saturated heterocycles. The SMILES string of the molecule is Cc1ccc([C@H]2C3=C(CCCC3=O)Nc3cc4c(cc32)OCO4)cc1. The Morgan fingerprint density at radius 1 is 1.04 bits per heavy atom. The largest absolute Gasteiger partial charge is 0.454 e. The van der Waals surface area contributed by atoms with Gasteiger partial charge >= 0.3 is 0 Å². The predicted molar refractivity (Wildman–Crippen MR) is 95.1 cm³/mol. The third kappa shape index (κ3) is 2.24. The molecule has 2 aromatic carbocycles. The van der Waals surface area contributed by atoms with Crippen LogP contribution >= 0.6 is 0 Å². The summed E-state index contributed by atoms with van der Waals surface area (Å²) in [5.41, 5.74) is 6.45. The Bertz CT molecular complexity index is 911. The number of hydrogen-bond donors (Lipinski definition) is 1. The number of ketones is 1. The highest BCUT2D eigenvalue weighted by Gasteiger charge is 2.36. The van der Waals surface area contributed by atoms with Crippen molar-refractivity contribution in [1.82, 2.24) is 0 Å². The van der Waals surface area contributed by atoms with Crippen LogP contribution < -0.4 is 14.8 Å². The van der Waals surface area contributed by atoms with Gasteiger partial charge in [-0.25, -0.2) is 0 Å². The average Bonchev–Trinajstić information content (AvgIpc) is 3.06. The molecular formula is C21H19NO3. The van der Waals surface area contributed by atoms with Crippen molar-refractivity contribution < 1.29 is 14.3 Å². The first kappa shape index (κ1) is 14.6. The number of rotatable bonds is 1. The van der Waals surface area contributed by atoms with Crippen LogP contribution in [0.4, 0.5) is 5.69 Å². The smallest absolute Gasteiger partial charge is 0.231 e. The van der Waals surface area contributed by atoms with E-state index < -0.39 is 0 Å². The fraction of sp³-hybridized carbons (Fsp3) is 0.286. The van der Waals surface area contributed by atoms with Gasteiger partial charge in [-0.3, -0.25) is 4.79 Å². The van der Waals surface area contributed by atoms with Crippen LogP contribution in [-0.4, -0.2) is 12.6 Å². The van der Waals surface area contributed by atoms with Crippen molar-refractivity contribution in [2.24, 2.45) is 0 Å². The first-order valence-electron chi connectivity index (χ1n) is 8.74. The zero-order valence-corrected chi connectivity index (χ0v) is 14.1. The number of carbonyl (C=O) groups excluding carboxylic acids is 1. The summed E-state index contributed by atoms with van der Waals surface area (Å²) in [6.07, 6.45) is 2.45. The van der Waals surface area contributed by atoms with Crippen LogP contribution in [0.15, 0.2) is 47.7 Å². The van der Waals surface area contributed by atoms with Gasteiger partial charge in [-0.05, 0) is 37.0 Å². The van der Waals surface area contributed by atoms with Crippen molar-refractivity contribution in [3.63, 3.8) is 0 Å². The molecule has 1 atom stereocenters. The van der Waals surface area contributed by atoms with E-state index in [1.54, 1.807) is 0 Å². The fourth-order valence-corrected chi connectivity index (χ4v) is 4.06. The topological polar surface area (TPSA) is 47.6 Å². The summed E-state index contributed by atoms with van der Waals surface area (Å²) in [7, 11) is 0. The quantitative estimate of drug-likeness (QED) is 0.846. The molecule has 0 saturated carbocycles. The average molecular weight is 333 g/mol. The van der Waals surface area contributed by atoms with Crippen LogP contribution in [0.3, 0.4) is 0 Å². The van der Waals surface area contributed by atoms with Gasteiger partial charge in [0.1, 0.15) is 0 Å². The van der Waals surface area contributed by atoms with Crippen LogP contribution in [-0.2, 0) is 4.79 Å². The molecule has 1 aliphatic carbocycles. The normalized spacial score (nSPS) is 20.8. The van der Waals surface area contributed by atoms with Gasteiger partial charge in [0.15, 0.2) is 17.3 Å². The highest BCUT2D eigenvalue weighted by Crippen LogP contribution is 2.49. The summed E-state index contributed by atoms with van der Waals surface area (Å²) >= 11 is 0. The summed E-state index contributed by atoms with van der Waals surface area (Å²) < 4.78 is 11.1. The number of anilines is 1. The van der Waals surface area contributed by atoms with Crippen LogP contribution in [0.1, 0.15) is 41.9 Å². The maximum Gasteiger partial charge on any atom is 0.231 e. The Hall–Kier alpha value is -2.75. The van der Waals surface area contributed by atoms with E-state index >= 15 is 0 Å². The van der Waals surface area contributed by atoms with Gasteiger partial charge < -0.3 is 14.8 Å². The molecule has 25 heavy (non-hydrogen) atoms. The van der Waals surface area contributed by atoms with Gasteiger partial charge in [-0.15, -0.1) is 0 Å². The first-order chi connectivity index (χ1) is 12.2. The number of ether oxygens (including phenoxy) is 2. The van der Waals surface area contributed by atoms with E-state index in [1.807, 2.05) is 12.1 Å². The minimum atomic E-state index is -0.0471. The zero-order valence-electron chi connectivity index (χ0n) is 14.1. The van der Waals surface area contributed by atoms with E-state index in [-0.39, 0.29) is 18.5 Å². The lowest BCUT2D eigenvalue weighted by atomic mass is 9.75. The molecule has 5 rings (SSSR count). The maximum atomic E-state index is 12.8. The summed E-state index contributed by atoms with van der Waals surface area (Å²) in [5.74, 6) is 1.72. The summed E-state index contributed by atoms with van der Waals surface area (Å²) in [4.78, 5) is 12.8. The van der Waals surface area contributed by atoms with Gasteiger partial charge in [0.05, 0.1) is 0 Å². The number of hydrogen-bond acceptors (Lipinski definition) is 4. The lowest BCUT2D eigenvalue weighted by Crippen LogP contribution is -2.26. The zero-order chi connectivity index (χ0) is 17.0. The molecule has 3 aliphatic rings. The number of Topliss-reactive ketones (excluding diaryl/α,β-unsaturated/α-hetero) is 1. The van der Waals surface area contributed by atoms with E-state index in [0.717, 1.165) is 52.4 Å². The molecule has 2 heterocycles. The van der Waals surface area contributed by atoms with E-state index in [9.17, 15) is 4.79 Å². The molecule has 126 valence electrons. The molecule has 4 nitrogen and oxygen atoms in total. The molecule has 0 unspecified atom stereocenters. The Kier molecular flexibility index (Phi) is 3.14. The second-order valence-electron chi connectivity index (χ2n) is 6.93. The second kappa shape index (κ2) is 5.38. The Labute approximate surface area is 146 Å². The van der Waals surface area contributed by atoms with Crippen molar-refractivity contribution in [3.05, 3.63) is 64.4 Å². The summed E-state index contributed by atoms with van der Waals surface area (Å²) in [6.45, 7) is 2.33. The van der Waals surface area contributed by atoms with Crippen molar-refractivity contribution >= 4 is 11.5 Å². The molecule has 2 aliphatic heterocycles. The molecule has 0 radical (unpaired) electrons. The van der Waals surface area contributed by atoms with Gasteiger partial charge in [0, 0.05) is 35.4 Å². The molecule has 1 N–H and O–H groups in total. The van der Waals surface area contributed by atoms with Crippen LogP contribution in [0.5, 0.6) is 11.5 Å². The molecule has 4 heteroatoms.